The van der Waals surface area contributed by atoms with Crippen LogP contribution in [0.25, 0.3) is 33.1 Å². The van der Waals surface area contributed by atoms with Crippen molar-refractivity contribution in [3.8, 4) is 11.4 Å². The van der Waals surface area contributed by atoms with Crippen molar-refractivity contribution >= 4 is 33.3 Å². The Morgan fingerprint density at radius 3 is 2.80 bits per heavy atom. The normalized spacial score (nSPS) is 11.4. The Morgan fingerprint density at radius 1 is 1.12 bits per heavy atom. The first-order valence-corrected chi connectivity index (χ1v) is 8.41. The lowest BCUT2D eigenvalue weighted by molar-refractivity contribution is 0.572. The van der Waals surface area contributed by atoms with E-state index in [0.29, 0.717) is 41.3 Å². The molecule has 0 saturated heterocycles. The van der Waals surface area contributed by atoms with Crippen molar-refractivity contribution in [2.24, 2.45) is 5.73 Å². The summed E-state index contributed by atoms with van der Waals surface area (Å²) in [5, 5.41) is 3.07. The minimum atomic E-state index is -0.0857. The molecule has 0 aliphatic heterocycles. The maximum absolute atomic E-state index is 13.0. The Labute approximate surface area is 148 Å². The first-order chi connectivity index (χ1) is 12.2. The van der Waals surface area contributed by atoms with Crippen LogP contribution in [0.15, 0.2) is 58.1 Å². The molecule has 126 valence electrons. The molecule has 0 fully saturated rings. The Balaban J connectivity index is 2.00. The molecular weight excluding hydrogens is 338 g/mol. The lowest BCUT2D eigenvalue weighted by atomic mass is 10.1. The van der Waals surface area contributed by atoms with E-state index in [4.69, 9.17) is 26.7 Å². The monoisotopic (exact) mass is 353 g/mol. The fourth-order valence-corrected chi connectivity index (χ4v) is 3.14. The molecule has 0 spiro atoms. The van der Waals surface area contributed by atoms with Crippen LogP contribution in [-0.2, 0) is 6.54 Å². The van der Waals surface area contributed by atoms with Crippen LogP contribution in [0.1, 0.15) is 6.42 Å². The Kier molecular flexibility index (Phi) is 4.03. The van der Waals surface area contributed by atoms with E-state index in [2.05, 4.69) is 0 Å². The molecule has 2 N–H and O–H groups in total. The van der Waals surface area contributed by atoms with E-state index >= 15 is 0 Å². The van der Waals surface area contributed by atoms with Gasteiger partial charge in [-0.05, 0) is 37.2 Å². The smallest absolute Gasteiger partial charge is 0.261 e. The zero-order valence-electron chi connectivity index (χ0n) is 13.4. The largest absolute Gasteiger partial charge is 0.471 e. The lowest BCUT2D eigenvalue weighted by Gasteiger charge is -2.13. The zero-order valence-corrected chi connectivity index (χ0v) is 14.2. The molecule has 5 nitrogen and oxygen atoms in total. The summed E-state index contributed by atoms with van der Waals surface area (Å²) in [5.74, 6) is 0.608. The molecule has 25 heavy (non-hydrogen) atoms. The van der Waals surface area contributed by atoms with Gasteiger partial charge in [0.2, 0.25) is 0 Å². The van der Waals surface area contributed by atoms with E-state index in [1.54, 1.807) is 35.3 Å². The fraction of sp³-hybridized carbons (Fsp3) is 0.158. The van der Waals surface area contributed by atoms with E-state index in [1.807, 2.05) is 18.2 Å². The second kappa shape index (κ2) is 6.35. The molecule has 0 aliphatic rings. The number of rotatable bonds is 4. The van der Waals surface area contributed by atoms with Gasteiger partial charge in [-0.15, -0.1) is 0 Å². The lowest BCUT2D eigenvalue weighted by Crippen LogP contribution is -2.24. The summed E-state index contributed by atoms with van der Waals surface area (Å²) in [6, 6.07) is 11.0. The van der Waals surface area contributed by atoms with Gasteiger partial charge in [0.15, 0.2) is 0 Å². The molecule has 0 atom stereocenters. The third kappa shape index (κ3) is 2.81. The van der Waals surface area contributed by atoms with Gasteiger partial charge in [0.1, 0.15) is 5.82 Å². The zero-order chi connectivity index (χ0) is 17.4. The number of nitrogens with two attached hydrogens (primary N) is 1. The summed E-state index contributed by atoms with van der Waals surface area (Å²) in [5.41, 5.74) is 7.00. The van der Waals surface area contributed by atoms with Crippen LogP contribution in [0.5, 0.6) is 0 Å². The van der Waals surface area contributed by atoms with Crippen LogP contribution >= 0.6 is 11.6 Å². The standard InChI is InChI=1S/C19H16ClN3O2/c20-15-4-5-16-17(9-15)22-18(23(19(16)24)7-1-6-21)12-2-3-13-10-25-11-14(13)8-12/h2-5,8-11H,1,6-7,21H2. The SMILES string of the molecule is NCCCn1c(-c2ccc3cocc3c2)nc2cc(Cl)ccc2c1=O. The summed E-state index contributed by atoms with van der Waals surface area (Å²) in [6.45, 7) is 1.02. The molecule has 0 radical (unpaired) electrons. The van der Waals surface area contributed by atoms with Gasteiger partial charge in [0.05, 0.1) is 23.4 Å². The first kappa shape index (κ1) is 15.9. The highest BCUT2D eigenvalue weighted by atomic mass is 35.5. The summed E-state index contributed by atoms with van der Waals surface area (Å²) < 4.78 is 6.92. The van der Waals surface area contributed by atoms with Crippen molar-refractivity contribution in [2.75, 3.05) is 6.54 Å². The van der Waals surface area contributed by atoms with Crippen LogP contribution in [0.4, 0.5) is 0 Å². The van der Waals surface area contributed by atoms with E-state index in [1.165, 1.54) is 0 Å². The molecule has 0 aliphatic carbocycles. The van der Waals surface area contributed by atoms with Gasteiger partial charge in [0.25, 0.3) is 5.56 Å². The van der Waals surface area contributed by atoms with Gasteiger partial charge in [-0.3, -0.25) is 9.36 Å². The average Bonchev–Trinajstić information content (AvgIpc) is 3.08. The Hall–Kier alpha value is -2.63. The molecule has 2 heterocycles. The molecule has 0 saturated carbocycles. The quantitative estimate of drug-likeness (QED) is 0.605. The number of hydrogen-bond donors (Lipinski definition) is 1. The third-order valence-corrected chi connectivity index (χ3v) is 4.47. The highest BCUT2D eigenvalue weighted by Crippen LogP contribution is 2.25. The summed E-state index contributed by atoms with van der Waals surface area (Å²) in [7, 11) is 0. The fourth-order valence-electron chi connectivity index (χ4n) is 2.98. The minimum absolute atomic E-state index is 0.0857. The van der Waals surface area contributed by atoms with E-state index in [0.717, 1.165) is 16.3 Å². The molecule has 6 heteroatoms. The molecule has 4 aromatic rings. The minimum Gasteiger partial charge on any atom is -0.471 e. The predicted octanol–water partition coefficient (Wildman–Crippen LogP) is 3.81. The van der Waals surface area contributed by atoms with Crippen molar-refractivity contribution in [2.45, 2.75) is 13.0 Å². The second-order valence-electron chi connectivity index (χ2n) is 5.91. The molecule has 0 bridgehead atoms. The summed E-state index contributed by atoms with van der Waals surface area (Å²) in [4.78, 5) is 17.7. The Morgan fingerprint density at radius 2 is 1.96 bits per heavy atom. The topological polar surface area (TPSA) is 74.1 Å². The number of halogens is 1. The van der Waals surface area contributed by atoms with Crippen LogP contribution in [0.2, 0.25) is 5.02 Å². The number of fused-ring (bicyclic) bond motifs is 2. The number of benzene rings is 2. The van der Waals surface area contributed by atoms with Gasteiger partial charge in [-0.25, -0.2) is 4.98 Å². The van der Waals surface area contributed by atoms with Crippen molar-refractivity contribution in [3.63, 3.8) is 0 Å². The molecule has 0 unspecified atom stereocenters. The molecule has 2 aromatic carbocycles. The van der Waals surface area contributed by atoms with Crippen LogP contribution in [0.3, 0.4) is 0 Å². The highest BCUT2D eigenvalue weighted by molar-refractivity contribution is 6.31. The van der Waals surface area contributed by atoms with Gasteiger partial charge in [-0.2, -0.15) is 0 Å². The molecule has 4 rings (SSSR count). The number of aromatic nitrogens is 2. The predicted molar refractivity (Wildman–Crippen MR) is 99.9 cm³/mol. The molecule has 2 aromatic heterocycles. The average molecular weight is 354 g/mol. The summed E-state index contributed by atoms with van der Waals surface area (Å²) in [6.07, 6.45) is 4.06. The van der Waals surface area contributed by atoms with Crippen molar-refractivity contribution in [1.82, 2.24) is 9.55 Å². The maximum Gasteiger partial charge on any atom is 0.261 e. The van der Waals surface area contributed by atoms with Crippen molar-refractivity contribution < 1.29 is 4.42 Å². The first-order valence-electron chi connectivity index (χ1n) is 8.04. The van der Waals surface area contributed by atoms with Gasteiger partial charge >= 0.3 is 0 Å². The van der Waals surface area contributed by atoms with Crippen molar-refractivity contribution in [3.05, 3.63) is 64.3 Å². The second-order valence-corrected chi connectivity index (χ2v) is 6.35. The van der Waals surface area contributed by atoms with Crippen LogP contribution in [-0.4, -0.2) is 16.1 Å². The Bertz CT molecular complexity index is 1130. The summed E-state index contributed by atoms with van der Waals surface area (Å²) >= 11 is 6.08. The van der Waals surface area contributed by atoms with Crippen LogP contribution < -0.4 is 11.3 Å². The number of hydrogen-bond acceptors (Lipinski definition) is 4. The highest BCUT2D eigenvalue weighted by Gasteiger charge is 2.13. The molecule has 0 amide bonds. The van der Waals surface area contributed by atoms with E-state index in [9.17, 15) is 4.79 Å². The third-order valence-electron chi connectivity index (χ3n) is 4.24. The number of nitrogens with zero attached hydrogens (tertiary/aromatic N) is 2. The van der Waals surface area contributed by atoms with E-state index < -0.39 is 0 Å². The van der Waals surface area contributed by atoms with Gasteiger partial charge in [-0.1, -0.05) is 23.7 Å². The van der Waals surface area contributed by atoms with E-state index in [-0.39, 0.29) is 5.56 Å². The molecular formula is C19H16ClN3O2. The maximum atomic E-state index is 13.0. The van der Waals surface area contributed by atoms with Gasteiger partial charge in [0, 0.05) is 27.9 Å². The number of furan rings is 1. The van der Waals surface area contributed by atoms with Crippen LogP contribution in [0, 0.1) is 0 Å². The van der Waals surface area contributed by atoms with Gasteiger partial charge < -0.3 is 10.2 Å². The van der Waals surface area contributed by atoms with Crippen molar-refractivity contribution in [1.29, 1.82) is 0 Å².